The molecule has 0 atom stereocenters. The fourth-order valence-corrected chi connectivity index (χ4v) is 2.36. The van der Waals surface area contributed by atoms with Crippen molar-refractivity contribution >= 4 is 28.9 Å². The fraction of sp³-hybridized carbons (Fsp3) is 0.111. The molecule has 2 N–H and O–H groups in total. The topological polar surface area (TPSA) is 67.2 Å². The highest BCUT2D eigenvalue weighted by Crippen LogP contribution is 2.21. The molecular weight excluding hydrogens is 326 g/mol. The van der Waals surface area contributed by atoms with Gasteiger partial charge in [0.15, 0.2) is 0 Å². The second-order valence-electron chi connectivity index (χ2n) is 5.31. The van der Waals surface area contributed by atoms with E-state index >= 15 is 0 Å². The molecule has 0 saturated carbocycles. The van der Waals surface area contributed by atoms with Crippen LogP contribution in [0.1, 0.15) is 21.7 Å². The Morgan fingerprint density at radius 3 is 2.92 bits per heavy atom. The zero-order valence-corrected chi connectivity index (χ0v) is 13.8. The molecule has 122 valence electrons. The Kier molecular flexibility index (Phi) is 4.82. The summed E-state index contributed by atoms with van der Waals surface area (Å²) in [5, 5.41) is 6.60. The second kappa shape index (κ2) is 7.19. The highest BCUT2D eigenvalue weighted by atomic mass is 35.5. The van der Waals surface area contributed by atoms with Crippen molar-refractivity contribution in [3.05, 3.63) is 77.0 Å². The molecule has 0 saturated heterocycles. The number of hydrogen-bond donors (Lipinski definition) is 2. The Morgan fingerprint density at radius 1 is 1.25 bits per heavy atom. The van der Waals surface area contributed by atoms with E-state index in [4.69, 9.17) is 16.0 Å². The van der Waals surface area contributed by atoms with Crippen LogP contribution in [0.5, 0.6) is 0 Å². The van der Waals surface area contributed by atoms with Gasteiger partial charge in [0.2, 0.25) is 0 Å². The van der Waals surface area contributed by atoms with Crippen LogP contribution in [0.3, 0.4) is 0 Å². The molecule has 0 unspecified atom stereocenters. The summed E-state index contributed by atoms with van der Waals surface area (Å²) in [7, 11) is 0. The van der Waals surface area contributed by atoms with E-state index in [1.807, 2.05) is 25.1 Å². The van der Waals surface area contributed by atoms with Gasteiger partial charge < -0.3 is 15.1 Å². The number of rotatable bonds is 5. The first kappa shape index (κ1) is 16.1. The van der Waals surface area contributed by atoms with Crippen LogP contribution in [-0.4, -0.2) is 10.9 Å². The Hall–Kier alpha value is -2.79. The van der Waals surface area contributed by atoms with Gasteiger partial charge in [-0.15, -0.1) is 0 Å². The van der Waals surface area contributed by atoms with Crippen LogP contribution in [0.25, 0.3) is 0 Å². The van der Waals surface area contributed by atoms with Gasteiger partial charge in [0.1, 0.15) is 5.76 Å². The minimum absolute atomic E-state index is 0.241. The number of nitrogens with one attached hydrogen (secondary N) is 2. The van der Waals surface area contributed by atoms with Crippen molar-refractivity contribution in [2.75, 3.05) is 10.6 Å². The average Bonchev–Trinajstić information content (AvgIpc) is 3.10. The van der Waals surface area contributed by atoms with Crippen molar-refractivity contribution < 1.29 is 9.21 Å². The van der Waals surface area contributed by atoms with Crippen molar-refractivity contribution in [2.45, 2.75) is 13.5 Å². The van der Waals surface area contributed by atoms with Crippen molar-refractivity contribution in [2.24, 2.45) is 0 Å². The van der Waals surface area contributed by atoms with Gasteiger partial charge >= 0.3 is 0 Å². The van der Waals surface area contributed by atoms with E-state index in [1.165, 1.54) is 6.20 Å². The second-order valence-corrected chi connectivity index (χ2v) is 5.75. The maximum atomic E-state index is 12.4. The van der Waals surface area contributed by atoms with Gasteiger partial charge in [-0.05, 0) is 42.8 Å². The lowest BCUT2D eigenvalue weighted by Gasteiger charge is -2.10. The summed E-state index contributed by atoms with van der Waals surface area (Å²) in [6.07, 6.45) is 4.80. The predicted molar refractivity (Wildman–Crippen MR) is 94.4 cm³/mol. The van der Waals surface area contributed by atoms with E-state index < -0.39 is 0 Å². The van der Waals surface area contributed by atoms with Gasteiger partial charge in [-0.2, -0.15) is 0 Å². The molecule has 6 heteroatoms. The third-order valence-electron chi connectivity index (χ3n) is 3.50. The van der Waals surface area contributed by atoms with Crippen LogP contribution in [0.15, 0.2) is 59.5 Å². The van der Waals surface area contributed by atoms with Crippen LogP contribution in [0.2, 0.25) is 5.02 Å². The quantitative estimate of drug-likeness (QED) is 0.717. The number of aryl methyl sites for hydroxylation is 1. The van der Waals surface area contributed by atoms with E-state index in [9.17, 15) is 4.79 Å². The van der Waals surface area contributed by atoms with Gasteiger partial charge in [-0.1, -0.05) is 17.7 Å². The average molecular weight is 342 g/mol. The van der Waals surface area contributed by atoms with Crippen molar-refractivity contribution in [1.29, 1.82) is 0 Å². The summed E-state index contributed by atoms with van der Waals surface area (Å²) in [5.74, 6) is 0.564. The largest absolute Gasteiger partial charge is 0.467 e. The van der Waals surface area contributed by atoms with Crippen molar-refractivity contribution in [3.63, 3.8) is 0 Å². The molecule has 3 rings (SSSR count). The minimum Gasteiger partial charge on any atom is -0.467 e. The third kappa shape index (κ3) is 3.94. The standard InChI is InChI=1S/C18H16ClN3O2/c1-12-4-5-14(19)8-17(12)22-18(23)13-7-15(10-20-9-13)21-11-16-3-2-6-24-16/h2-10,21H,11H2,1H3,(H,22,23). The summed E-state index contributed by atoms with van der Waals surface area (Å²) < 4.78 is 5.26. The van der Waals surface area contributed by atoms with Gasteiger partial charge in [-0.3, -0.25) is 9.78 Å². The number of nitrogens with zero attached hydrogens (tertiary/aromatic N) is 1. The number of anilines is 2. The normalized spacial score (nSPS) is 10.4. The molecule has 0 fully saturated rings. The number of benzene rings is 1. The Labute approximate surface area is 144 Å². The number of amides is 1. The summed E-state index contributed by atoms with van der Waals surface area (Å²) >= 11 is 5.98. The molecule has 0 bridgehead atoms. The van der Waals surface area contributed by atoms with Crippen LogP contribution < -0.4 is 10.6 Å². The molecule has 2 heterocycles. The fourth-order valence-electron chi connectivity index (χ4n) is 2.19. The molecule has 0 spiro atoms. The smallest absolute Gasteiger partial charge is 0.257 e. The van der Waals surface area contributed by atoms with Gasteiger partial charge in [0.25, 0.3) is 5.91 Å². The van der Waals surface area contributed by atoms with Crippen LogP contribution in [0.4, 0.5) is 11.4 Å². The van der Waals surface area contributed by atoms with Gasteiger partial charge in [0.05, 0.1) is 24.1 Å². The molecule has 2 aromatic heterocycles. The van der Waals surface area contributed by atoms with E-state index in [0.717, 1.165) is 17.0 Å². The Balaban J connectivity index is 1.70. The summed E-state index contributed by atoms with van der Waals surface area (Å²) in [6, 6.07) is 10.8. The maximum absolute atomic E-state index is 12.4. The minimum atomic E-state index is -0.241. The SMILES string of the molecule is Cc1ccc(Cl)cc1NC(=O)c1cncc(NCc2ccco2)c1. The highest BCUT2D eigenvalue weighted by Gasteiger charge is 2.10. The summed E-state index contributed by atoms with van der Waals surface area (Å²) in [6.45, 7) is 2.43. The molecule has 1 amide bonds. The third-order valence-corrected chi connectivity index (χ3v) is 3.73. The molecule has 1 aromatic carbocycles. The molecule has 3 aromatic rings. The van der Waals surface area contributed by atoms with Crippen LogP contribution in [-0.2, 0) is 6.54 Å². The lowest BCUT2D eigenvalue weighted by Crippen LogP contribution is -2.13. The monoisotopic (exact) mass is 341 g/mol. The lowest BCUT2D eigenvalue weighted by atomic mass is 10.2. The Morgan fingerprint density at radius 2 is 2.12 bits per heavy atom. The zero-order chi connectivity index (χ0) is 16.9. The highest BCUT2D eigenvalue weighted by molar-refractivity contribution is 6.31. The molecule has 5 nitrogen and oxygen atoms in total. The molecule has 0 aliphatic carbocycles. The lowest BCUT2D eigenvalue weighted by molar-refractivity contribution is 0.102. The molecular formula is C18H16ClN3O2. The van der Waals surface area contributed by atoms with Gasteiger partial charge in [-0.25, -0.2) is 0 Å². The van der Waals surface area contributed by atoms with Crippen LogP contribution >= 0.6 is 11.6 Å². The number of pyridine rings is 1. The number of halogens is 1. The summed E-state index contributed by atoms with van der Waals surface area (Å²) in [5.41, 5.74) is 2.81. The van der Waals surface area contributed by atoms with Crippen molar-refractivity contribution in [1.82, 2.24) is 4.98 Å². The van der Waals surface area contributed by atoms with E-state index in [2.05, 4.69) is 15.6 Å². The molecule has 24 heavy (non-hydrogen) atoms. The first-order chi connectivity index (χ1) is 11.6. The molecule has 0 aliphatic rings. The first-order valence-electron chi connectivity index (χ1n) is 7.40. The number of aromatic nitrogens is 1. The van der Waals surface area contributed by atoms with E-state index in [0.29, 0.717) is 22.8 Å². The first-order valence-corrected chi connectivity index (χ1v) is 7.78. The molecule has 0 radical (unpaired) electrons. The predicted octanol–water partition coefficient (Wildman–Crippen LogP) is 4.50. The zero-order valence-electron chi connectivity index (χ0n) is 13.0. The van der Waals surface area contributed by atoms with E-state index in [-0.39, 0.29) is 5.91 Å². The number of hydrogen-bond acceptors (Lipinski definition) is 4. The number of carbonyl (C=O) groups is 1. The molecule has 0 aliphatic heterocycles. The summed E-state index contributed by atoms with van der Waals surface area (Å²) in [4.78, 5) is 16.5. The Bertz CT molecular complexity index is 847. The number of carbonyl (C=O) groups excluding carboxylic acids is 1. The van der Waals surface area contributed by atoms with Crippen LogP contribution in [0, 0.1) is 6.92 Å². The number of furan rings is 1. The van der Waals surface area contributed by atoms with Crippen molar-refractivity contribution in [3.8, 4) is 0 Å². The van der Waals surface area contributed by atoms with Gasteiger partial charge in [0, 0.05) is 23.1 Å². The maximum Gasteiger partial charge on any atom is 0.257 e. The van der Waals surface area contributed by atoms with E-state index in [1.54, 1.807) is 30.7 Å².